The fourth-order valence-corrected chi connectivity index (χ4v) is 2.43. The Morgan fingerprint density at radius 3 is 2.94 bits per heavy atom. The van der Waals surface area contributed by atoms with E-state index in [2.05, 4.69) is 4.98 Å². The molecule has 0 saturated heterocycles. The van der Waals surface area contributed by atoms with Crippen LogP contribution in [0.5, 0.6) is 0 Å². The topological polar surface area (TPSA) is 39.2 Å². The Hall–Kier alpha value is -1.75. The predicted molar refractivity (Wildman–Crippen MR) is 68.2 cm³/mol. The Labute approximate surface area is 108 Å². The number of esters is 1. The van der Waals surface area contributed by atoms with Crippen LogP contribution in [0.1, 0.15) is 22.3 Å². The maximum atomic E-state index is 13.1. The van der Waals surface area contributed by atoms with Crippen molar-refractivity contribution in [3.63, 3.8) is 0 Å². The third-order valence-electron chi connectivity index (χ3n) is 2.34. The summed E-state index contributed by atoms with van der Waals surface area (Å²) in [5.41, 5.74) is 0.972. The highest BCUT2D eigenvalue weighted by molar-refractivity contribution is 7.15. The summed E-state index contributed by atoms with van der Waals surface area (Å²) in [5, 5.41) is 0.620. The van der Waals surface area contributed by atoms with E-state index in [4.69, 9.17) is 4.74 Å². The number of aryl methyl sites for hydroxylation is 1. The van der Waals surface area contributed by atoms with Crippen LogP contribution in [-0.2, 0) is 4.74 Å². The molecule has 2 rings (SSSR count). The first-order chi connectivity index (χ1) is 8.61. The fourth-order valence-electron chi connectivity index (χ4n) is 1.53. The molecule has 0 radical (unpaired) electrons. The highest BCUT2D eigenvalue weighted by Gasteiger charge is 2.17. The van der Waals surface area contributed by atoms with Crippen LogP contribution in [0.4, 0.5) is 4.39 Å². The van der Waals surface area contributed by atoms with Crippen molar-refractivity contribution in [1.29, 1.82) is 0 Å². The van der Waals surface area contributed by atoms with Crippen LogP contribution in [0.2, 0.25) is 0 Å². The van der Waals surface area contributed by atoms with E-state index in [0.717, 1.165) is 4.88 Å². The Morgan fingerprint density at radius 1 is 1.50 bits per heavy atom. The lowest BCUT2D eigenvalue weighted by molar-refractivity contribution is 0.0519. The van der Waals surface area contributed by atoms with Crippen molar-refractivity contribution in [3.8, 4) is 10.6 Å². The lowest BCUT2D eigenvalue weighted by Crippen LogP contribution is -2.06. The van der Waals surface area contributed by atoms with E-state index in [0.29, 0.717) is 22.9 Å². The van der Waals surface area contributed by atoms with Gasteiger partial charge in [0.05, 0.1) is 6.61 Å². The van der Waals surface area contributed by atoms with Crippen LogP contribution in [0, 0.1) is 12.7 Å². The van der Waals surface area contributed by atoms with Crippen molar-refractivity contribution in [2.45, 2.75) is 13.8 Å². The van der Waals surface area contributed by atoms with Gasteiger partial charge < -0.3 is 4.74 Å². The predicted octanol–water partition coefficient (Wildman–Crippen LogP) is 3.43. The average Bonchev–Trinajstić information content (AvgIpc) is 2.72. The monoisotopic (exact) mass is 265 g/mol. The molecule has 0 saturated carbocycles. The summed E-state index contributed by atoms with van der Waals surface area (Å²) in [6, 6.07) is 6.14. The van der Waals surface area contributed by atoms with Crippen molar-refractivity contribution < 1.29 is 13.9 Å². The molecule has 0 spiro atoms. The van der Waals surface area contributed by atoms with Gasteiger partial charge >= 0.3 is 5.97 Å². The average molecular weight is 265 g/mol. The van der Waals surface area contributed by atoms with Crippen LogP contribution >= 0.6 is 11.3 Å². The molecule has 2 aromatic rings. The summed E-state index contributed by atoms with van der Waals surface area (Å²) in [4.78, 5) is 16.6. The first-order valence-corrected chi connectivity index (χ1v) is 6.34. The van der Waals surface area contributed by atoms with Gasteiger partial charge in [-0.25, -0.2) is 14.2 Å². The van der Waals surface area contributed by atoms with Crippen LogP contribution in [0.3, 0.4) is 0 Å². The summed E-state index contributed by atoms with van der Waals surface area (Å²) in [6.07, 6.45) is 0. The molecule has 94 valence electrons. The number of halogens is 1. The second-order valence-electron chi connectivity index (χ2n) is 3.65. The molecule has 18 heavy (non-hydrogen) atoms. The number of carbonyl (C=O) groups excluding carboxylic acids is 1. The number of carbonyl (C=O) groups is 1. The number of nitrogens with zero attached hydrogens (tertiary/aromatic N) is 1. The molecule has 0 aliphatic carbocycles. The third kappa shape index (κ3) is 2.56. The van der Waals surface area contributed by atoms with Crippen LogP contribution in [0.25, 0.3) is 10.6 Å². The normalized spacial score (nSPS) is 10.4. The molecule has 1 heterocycles. The van der Waals surface area contributed by atoms with Gasteiger partial charge in [-0.3, -0.25) is 0 Å². The highest BCUT2D eigenvalue weighted by Crippen LogP contribution is 2.28. The summed E-state index contributed by atoms with van der Waals surface area (Å²) < 4.78 is 18.0. The quantitative estimate of drug-likeness (QED) is 0.798. The zero-order valence-electron chi connectivity index (χ0n) is 10.1. The van der Waals surface area contributed by atoms with Gasteiger partial charge in [-0.1, -0.05) is 12.1 Å². The SMILES string of the molecule is CCOC(=O)c1nc(-c2cccc(F)c2)sc1C. The Balaban J connectivity index is 2.37. The molecule has 1 aromatic heterocycles. The number of rotatable bonds is 3. The first kappa shape index (κ1) is 12.7. The number of hydrogen-bond acceptors (Lipinski definition) is 4. The Kier molecular flexibility index (Phi) is 3.72. The van der Waals surface area contributed by atoms with Gasteiger partial charge in [-0.2, -0.15) is 0 Å². The zero-order chi connectivity index (χ0) is 13.1. The first-order valence-electron chi connectivity index (χ1n) is 5.52. The summed E-state index contributed by atoms with van der Waals surface area (Å²) in [5.74, 6) is -0.757. The molecule has 3 nitrogen and oxygen atoms in total. The molecule has 0 amide bonds. The van der Waals surface area contributed by atoms with Gasteiger partial charge in [0.15, 0.2) is 5.69 Å². The summed E-state index contributed by atoms with van der Waals surface area (Å²) >= 11 is 1.35. The summed E-state index contributed by atoms with van der Waals surface area (Å²) in [7, 11) is 0. The largest absolute Gasteiger partial charge is 0.461 e. The van der Waals surface area contributed by atoms with Crippen LogP contribution < -0.4 is 0 Å². The summed E-state index contributed by atoms with van der Waals surface area (Å²) in [6.45, 7) is 3.85. The third-order valence-corrected chi connectivity index (χ3v) is 3.36. The maximum Gasteiger partial charge on any atom is 0.358 e. The maximum absolute atomic E-state index is 13.1. The minimum Gasteiger partial charge on any atom is -0.461 e. The minimum atomic E-state index is -0.436. The van der Waals surface area contributed by atoms with Gasteiger partial charge in [-0.05, 0) is 26.0 Å². The molecule has 0 bridgehead atoms. The molecular formula is C13H12FNO2S. The number of aromatic nitrogens is 1. The second kappa shape index (κ2) is 5.27. The van der Waals surface area contributed by atoms with Gasteiger partial charge in [0.25, 0.3) is 0 Å². The van der Waals surface area contributed by atoms with E-state index >= 15 is 0 Å². The molecule has 5 heteroatoms. The van der Waals surface area contributed by atoms with Crippen molar-refractivity contribution in [2.24, 2.45) is 0 Å². The minimum absolute atomic E-state index is 0.307. The van der Waals surface area contributed by atoms with Crippen molar-refractivity contribution in [1.82, 2.24) is 4.98 Å². The molecule has 0 N–H and O–H groups in total. The smallest absolute Gasteiger partial charge is 0.358 e. The molecular weight excluding hydrogens is 253 g/mol. The molecule has 0 fully saturated rings. The van der Waals surface area contributed by atoms with Crippen LogP contribution in [-0.4, -0.2) is 17.6 Å². The number of ether oxygens (including phenoxy) is 1. The van der Waals surface area contributed by atoms with Gasteiger partial charge in [0.1, 0.15) is 10.8 Å². The number of benzene rings is 1. The number of hydrogen-bond donors (Lipinski definition) is 0. The Bertz CT molecular complexity index is 580. The van der Waals surface area contributed by atoms with E-state index in [1.54, 1.807) is 26.0 Å². The van der Waals surface area contributed by atoms with E-state index in [1.165, 1.54) is 23.5 Å². The van der Waals surface area contributed by atoms with E-state index < -0.39 is 5.97 Å². The fraction of sp³-hybridized carbons (Fsp3) is 0.231. The zero-order valence-corrected chi connectivity index (χ0v) is 10.9. The molecule has 1 aromatic carbocycles. The van der Waals surface area contributed by atoms with E-state index in [9.17, 15) is 9.18 Å². The lowest BCUT2D eigenvalue weighted by atomic mass is 10.2. The number of thiazole rings is 1. The standard InChI is InChI=1S/C13H12FNO2S/c1-3-17-13(16)11-8(2)18-12(15-11)9-5-4-6-10(14)7-9/h4-7H,3H2,1-2H3. The highest BCUT2D eigenvalue weighted by atomic mass is 32.1. The van der Waals surface area contributed by atoms with Gasteiger partial charge in [-0.15, -0.1) is 11.3 Å². The van der Waals surface area contributed by atoms with E-state index in [-0.39, 0.29) is 5.82 Å². The van der Waals surface area contributed by atoms with E-state index in [1.807, 2.05) is 0 Å². The molecule has 0 aliphatic rings. The van der Waals surface area contributed by atoms with Crippen molar-refractivity contribution in [2.75, 3.05) is 6.61 Å². The van der Waals surface area contributed by atoms with Gasteiger partial charge in [0, 0.05) is 10.4 Å². The Morgan fingerprint density at radius 2 is 2.28 bits per heavy atom. The van der Waals surface area contributed by atoms with Crippen molar-refractivity contribution >= 4 is 17.3 Å². The molecule has 0 aliphatic heterocycles. The molecule has 0 atom stereocenters. The molecule has 0 unspecified atom stereocenters. The second-order valence-corrected chi connectivity index (χ2v) is 4.86. The van der Waals surface area contributed by atoms with Crippen molar-refractivity contribution in [3.05, 3.63) is 40.7 Å². The van der Waals surface area contributed by atoms with Gasteiger partial charge in [0.2, 0.25) is 0 Å². The van der Waals surface area contributed by atoms with Crippen LogP contribution in [0.15, 0.2) is 24.3 Å². The lowest BCUT2D eigenvalue weighted by Gasteiger charge is -1.98.